The van der Waals surface area contributed by atoms with Crippen molar-refractivity contribution in [2.45, 2.75) is 6.92 Å². The first-order valence-corrected chi connectivity index (χ1v) is 3.76. The van der Waals surface area contributed by atoms with Gasteiger partial charge in [0, 0.05) is 5.69 Å². The van der Waals surface area contributed by atoms with Gasteiger partial charge in [-0.3, -0.25) is 5.10 Å². The number of H-pyrrole nitrogens is 1. The molecule has 7 heteroatoms. The SMILES string of the molecule is Cc1[nH]ncc1-c1nc(C(=O)O)no1. The van der Waals surface area contributed by atoms with Crippen LogP contribution in [0.25, 0.3) is 11.5 Å². The second kappa shape index (κ2) is 2.95. The number of carbonyl (C=O) groups is 1. The lowest BCUT2D eigenvalue weighted by molar-refractivity contribution is 0.0680. The molecular weight excluding hydrogens is 188 g/mol. The van der Waals surface area contributed by atoms with Gasteiger partial charge in [-0.05, 0) is 12.1 Å². The first-order valence-electron chi connectivity index (χ1n) is 3.76. The van der Waals surface area contributed by atoms with Crippen LogP contribution in [0.3, 0.4) is 0 Å². The average Bonchev–Trinajstić information content (AvgIpc) is 2.71. The fourth-order valence-corrected chi connectivity index (χ4v) is 0.986. The predicted octanol–water partition coefficient (Wildman–Crippen LogP) is 0.466. The molecule has 0 spiro atoms. The Morgan fingerprint density at radius 2 is 2.43 bits per heavy atom. The number of aryl methyl sites for hydroxylation is 1. The standard InChI is InChI=1S/C7H6N4O3/c1-3-4(2-8-10-3)6-9-5(7(12)13)11-14-6/h2H,1H3,(H,8,10)(H,12,13). The van der Waals surface area contributed by atoms with E-state index in [-0.39, 0.29) is 11.7 Å². The number of carboxylic acid groups (broad SMARTS) is 1. The molecule has 0 fully saturated rings. The van der Waals surface area contributed by atoms with E-state index in [4.69, 9.17) is 9.63 Å². The summed E-state index contributed by atoms with van der Waals surface area (Å²) in [5.41, 5.74) is 1.34. The molecule has 0 saturated carbocycles. The molecule has 0 aliphatic rings. The zero-order chi connectivity index (χ0) is 10.1. The molecule has 0 aliphatic carbocycles. The molecule has 0 unspecified atom stereocenters. The highest BCUT2D eigenvalue weighted by Gasteiger charge is 2.16. The highest BCUT2D eigenvalue weighted by Crippen LogP contribution is 2.18. The third-order valence-corrected chi connectivity index (χ3v) is 1.68. The Hall–Kier alpha value is -2.18. The Kier molecular flexibility index (Phi) is 1.77. The first-order chi connectivity index (χ1) is 6.68. The van der Waals surface area contributed by atoms with Gasteiger partial charge in [0.15, 0.2) is 0 Å². The van der Waals surface area contributed by atoms with Gasteiger partial charge in [-0.25, -0.2) is 4.79 Å². The van der Waals surface area contributed by atoms with Crippen molar-refractivity contribution >= 4 is 5.97 Å². The molecule has 14 heavy (non-hydrogen) atoms. The second-order valence-corrected chi connectivity index (χ2v) is 2.64. The van der Waals surface area contributed by atoms with Crippen molar-refractivity contribution in [2.75, 3.05) is 0 Å². The summed E-state index contributed by atoms with van der Waals surface area (Å²) in [6.07, 6.45) is 1.49. The molecule has 0 saturated heterocycles. The summed E-state index contributed by atoms with van der Waals surface area (Å²) in [5, 5.41) is 18.3. The van der Waals surface area contributed by atoms with E-state index in [9.17, 15) is 4.79 Å². The maximum atomic E-state index is 10.5. The first kappa shape index (κ1) is 8.42. The largest absolute Gasteiger partial charge is 0.475 e. The molecule has 7 nitrogen and oxygen atoms in total. The van der Waals surface area contributed by atoms with Crippen LogP contribution in [0, 0.1) is 6.92 Å². The molecule has 0 radical (unpaired) electrons. The van der Waals surface area contributed by atoms with Crippen LogP contribution in [-0.2, 0) is 0 Å². The number of aromatic amines is 1. The van der Waals surface area contributed by atoms with Crippen LogP contribution in [0.1, 0.15) is 16.3 Å². The van der Waals surface area contributed by atoms with Crippen LogP contribution in [0.15, 0.2) is 10.7 Å². The molecule has 0 bridgehead atoms. The zero-order valence-corrected chi connectivity index (χ0v) is 7.18. The number of nitrogens with zero attached hydrogens (tertiary/aromatic N) is 3. The third kappa shape index (κ3) is 1.24. The lowest BCUT2D eigenvalue weighted by Gasteiger charge is -1.86. The van der Waals surface area contributed by atoms with Crippen molar-refractivity contribution in [1.29, 1.82) is 0 Å². The summed E-state index contributed by atoms with van der Waals surface area (Å²) >= 11 is 0. The quantitative estimate of drug-likeness (QED) is 0.719. The Morgan fingerprint density at radius 1 is 1.64 bits per heavy atom. The van der Waals surface area contributed by atoms with Gasteiger partial charge in [0.25, 0.3) is 11.7 Å². The van der Waals surface area contributed by atoms with E-state index in [1.165, 1.54) is 6.20 Å². The maximum Gasteiger partial charge on any atom is 0.377 e. The van der Waals surface area contributed by atoms with E-state index in [0.29, 0.717) is 5.56 Å². The Labute approximate surface area is 77.8 Å². The molecule has 72 valence electrons. The van der Waals surface area contributed by atoms with Crippen molar-refractivity contribution in [3.8, 4) is 11.5 Å². The monoisotopic (exact) mass is 194 g/mol. The van der Waals surface area contributed by atoms with Gasteiger partial charge in [0.05, 0.1) is 11.8 Å². The van der Waals surface area contributed by atoms with E-state index in [0.717, 1.165) is 5.69 Å². The Morgan fingerprint density at radius 3 is 2.93 bits per heavy atom. The van der Waals surface area contributed by atoms with Gasteiger partial charge in [-0.1, -0.05) is 0 Å². The molecule has 2 aromatic rings. The van der Waals surface area contributed by atoms with Crippen LogP contribution < -0.4 is 0 Å². The second-order valence-electron chi connectivity index (χ2n) is 2.64. The van der Waals surface area contributed by atoms with Crippen molar-refractivity contribution in [3.63, 3.8) is 0 Å². The number of aromatic carboxylic acids is 1. The minimum absolute atomic E-state index is 0.147. The average molecular weight is 194 g/mol. The Balaban J connectivity index is 2.43. The van der Waals surface area contributed by atoms with Crippen molar-refractivity contribution in [1.82, 2.24) is 20.3 Å². The van der Waals surface area contributed by atoms with Crippen LogP contribution in [0.4, 0.5) is 0 Å². The number of nitrogens with one attached hydrogen (secondary N) is 1. The number of hydrogen-bond donors (Lipinski definition) is 2. The molecule has 0 atom stereocenters. The number of carboxylic acids is 1. The van der Waals surface area contributed by atoms with Gasteiger partial charge < -0.3 is 9.63 Å². The molecule has 0 aromatic carbocycles. The van der Waals surface area contributed by atoms with Crippen LogP contribution in [-0.4, -0.2) is 31.4 Å². The number of aromatic nitrogens is 4. The van der Waals surface area contributed by atoms with Crippen LogP contribution >= 0.6 is 0 Å². The predicted molar refractivity (Wildman–Crippen MR) is 43.6 cm³/mol. The molecule has 0 aliphatic heterocycles. The summed E-state index contributed by atoms with van der Waals surface area (Å²) in [6, 6.07) is 0. The molecule has 2 aromatic heterocycles. The highest BCUT2D eigenvalue weighted by atomic mass is 16.5. The molecule has 2 N–H and O–H groups in total. The summed E-state index contributed by atoms with van der Waals surface area (Å²) < 4.78 is 4.75. The third-order valence-electron chi connectivity index (χ3n) is 1.68. The molecule has 2 heterocycles. The summed E-state index contributed by atoms with van der Waals surface area (Å²) in [5.74, 6) is -1.43. The van der Waals surface area contributed by atoms with Gasteiger partial charge in [-0.15, -0.1) is 0 Å². The van der Waals surface area contributed by atoms with Gasteiger partial charge in [0.1, 0.15) is 0 Å². The summed E-state index contributed by atoms with van der Waals surface area (Å²) in [4.78, 5) is 14.1. The van der Waals surface area contributed by atoms with E-state index >= 15 is 0 Å². The van der Waals surface area contributed by atoms with Gasteiger partial charge in [0.2, 0.25) is 0 Å². The Bertz CT molecular complexity index is 473. The van der Waals surface area contributed by atoms with Gasteiger partial charge in [-0.2, -0.15) is 10.1 Å². The van der Waals surface area contributed by atoms with Crippen molar-refractivity contribution in [2.24, 2.45) is 0 Å². The van der Waals surface area contributed by atoms with Crippen LogP contribution in [0.2, 0.25) is 0 Å². The minimum atomic E-state index is -1.22. The van der Waals surface area contributed by atoms with Crippen LogP contribution in [0.5, 0.6) is 0 Å². The lowest BCUT2D eigenvalue weighted by atomic mass is 10.3. The molecule has 2 rings (SSSR count). The lowest BCUT2D eigenvalue weighted by Crippen LogP contribution is -1.98. The minimum Gasteiger partial charge on any atom is -0.475 e. The maximum absolute atomic E-state index is 10.5. The number of rotatable bonds is 2. The van der Waals surface area contributed by atoms with E-state index in [2.05, 4.69) is 20.3 Å². The van der Waals surface area contributed by atoms with E-state index < -0.39 is 5.97 Å². The fourth-order valence-electron chi connectivity index (χ4n) is 0.986. The van der Waals surface area contributed by atoms with Crippen molar-refractivity contribution < 1.29 is 14.4 Å². The number of hydrogen-bond acceptors (Lipinski definition) is 5. The molecule has 0 amide bonds. The summed E-state index contributed by atoms with van der Waals surface area (Å²) in [7, 11) is 0. The summed E-state index contributed by atoms with van der Waals surface area (Å²) in [6.45, 7) is 1.77. The topological polar surface area (TPSA) is 105 Å². The highest BCUT2D eigenvalue weighted by molar-refractivity contribution is 5.83. The zero-order valence-electron chi connectivity index (χ0n) is 7.18. The van der Waals surface area contributed by atoms with E-state index in [1.54, 1.807) is 6.92 Å². The normalized spacial score (nSPS) is 10.4. The van der Waals surface area contributed by atoms with Crippen molar-refractivity contribution in [3.05, 3.63) is 17.7 Å². The smallest absolute Gasteiger partial charge is 0.377 e. The fraction of sp³-hybridized carbons (Fsp3) is 0.143. The van der Waals surface area contributed by atoms with E-state index in [1.807, 2.05) is 0 Å². The van der Waals surface area contributed by atoms with Gasteiger partial charge >= 0.3 is 5.97 Å². The molecular formula is C7H6N4O3.